The van der Waals surface area contributed by atoms with Gasteiger partial charge < -0.3 is 30.0 Å². The van der Waals surface area contributed by atoms with Crippen molar-refractivity contribution in [1.82, 2.24) is 10.6 Å². The molecule has 3 N–H and O–H groups in total. The van der Waals surface area contributed by atoms with Crippen molar-refractivity contribution in [1.29, 1.82) is 0 Å². The first-order chi connectivity index (χ1) is 18.2. The molecule has 38 heavy (non-hydrogen) atoms. The van der Waals surface area contributed by atoms with E-state index in [1.807, 2.05) is 0 Å². The van der Waals surface area contributed by atoms with E-state index in [9.17, 15) is 23.9 Å². The maximum Gasteiger partial charge on any atom is 0.326 e. The van der Waals surface area contributed by atoms with Crippen LogP contribution in [0.3, 0.4) is 0 Å². The number of carbonyl (C=O) groups is 3. The van der Waals surface area contributed by atoms with Crippen molar-refractivity contribution in [2.75, 3.05) is 21.3 Å². The second-order valence-electron chi connectivity index (χ2n) is 8.03. The minimum absolute atomic E-state index is 0.0204. The number of methoxy groups -OCH3 is 3. The van der Waals surface area contributed by atoms with Crippen LogP contribution in [-0.2, 0) is 16.0 Å². The first-order valence-corrected chi connectivity index (χ1v) is 11.4. The van der Waals surface area contributed by atoms with Crippen LogP contribution in [0.2, 0.25) is 0 Å². The average molecular weight is 523 g/mol. The molecule has 3 rings (SSSR count). The maximum atomic E-state index is 13.4. The Morgan fingerprint density at radius 1 is 0.921 bits per heavy atom. The lowest BCUT2D eigenvalue weighted by molar-refractivity contribution is -0.141. The van der Waals surface area contributed by atoms with Crippen molar-refractivity contribution >= 4 is 23.9 Å². The molecule has 0 unspecified atom stereocenters. The zero-order valence-electron chi connectivity index (χ0n) is 21.0. The number of carbonyl (C=O) groups excluding carboxylic acids is 2. The van der Waals surface area contributed by atoms with Crippen LogP contribution in [0.1, 0.15) is 21.5 Å². The highest BCUT2D eigenvalue weighted by Crippen LogP contribution is 2.38. The van der Waals surface area contributed by atoms with Gasteiger partial charge in [0.05, 0.1) is 21.3 Å². The molecule has 198 valence electrons. The molecule has 0 saturated carbocycles. The average Bonchev–Trinajstić information content (AvgIpc) is 2.92. The summed E-state index contributed by atoms with van der Waals surface area (Å²) in [6, 6.07) is 15.5. The smallest absolute Gasteiger partial charge is 0.326 e. The number of carboxylic acid groups (broad SMARTS) is 1. The molecule has 0 spiro atoms. The van der Waals surface area contributed by atoms with Crippen LogP contribution in [0.15, 0.2) is 72.4 Å². The van der Waals surface area contributed by atoms with Gasteiger partial charge in [0.2, 0.25) is 5.75 Å². The molecule has 0 fully saturated rings. The van der Waals surface area contributed by atoms with Crippen LogP contribution in [0.25, 0.3) is 6.08 Å². The Kier molecular flexibility index (Phi) is 9.42. The summed E-state index contributed by atoms with van der Waals surface area (Å²) in [6.07, 6.45) is 1.33. The van der Waals surface area contributed by atoms with Crippen LogP contribution in [0.5, 0.6) is 17.2 Å². The second kappa shape index (κ2) is 12.9. The fourth-order valence-electron chi connectivity index (χ4n) is 3.58. The molecule has 0 aliphatic carbocycles. The molecule has 10 heteroatoms. The van der Waals surface area contributed by atoms with Crippen molar-refractivity contribution in [2.45, 2.75) is 12.5 Å². The summed E-state index contributed by atoms with van der Waals surface area (Å²) in [4.78, 5) is 38.3. The number of amides is 2. The van der Waals surface area contributed by atoms with Gasteiger partial charge in [-0.3, -0.25) is 9.59 Å². The zero-order valence-corrected chi connectivity index (χ0v) is 21.0. The van der Waals surface area contributed by atoms with Gasteiger partial charge in [-0.1, -0.05) is 42.5 Å². The molecule has 3 aromatic rings. The van der Waals surface area contributed by atoms with E-state index < -0.39 is 29.6 Å². The van der Waals surface area contributed by atoms with Crippen molar-refractivity contribution in [2.24, 2.45) is 0 Å². The molecular weight excluding hydrogens is 495 g/mol. The highest BCUT2D eigenvalue weighted by atomic mass is 19.1. The van der Waals surface area contributed by atoms with Crippen molar-refractivity contribution in [3.63, 3.8) is 0 Å². The topological polar surface area (TPSA) is 123 Å². The van der Waals surface area contributed by atoms with E-state index in [1.54, 1.807) is 30.3 Å². The summed E-state index contributed by atoms with van der Waals surface area (Å²) in [5.74, 6) is -2.57. The van der Waals surface area contributed by atoms with Gasteiger partial charge in [0, 0.05) is 12.0 Å². The number of halogens is 1. The molecule has 2 amide bonds. The Hall–Kier alpha value is -4.86. The molecular formula is C28H27FN2O7. The number of benzene rings is 3. The van der Waals surface area contributed by atoms with Crippen molar-refractivity contribution in [3.05, 3.63) is 94.9 Å². The number of rotatable bonds is 11. The third-order valence-corrected chi connectivity index (χ3v) is 5.49. The van der Waals surface area contributed by atoms with Gasteiger partial charge in [-0.15, -0.1) is 0 Å². The van der Waals surface area contributed by atoms with Gasteiger partial charge in [-0.2, -0.15) is 0 Å². The Balaban J connectivity index is 1.93. The predicted molar refractivity (Wildman–Crippen MR) is 138 cm³/mol. The molecule has 0 saturated heterocycles. The largest absolute Gasteiger partial charge is 0.493 e. The van der Waals surface area contributed by atoms with Gasteiger partial charge in [0.25, 0.3) is 11.8 Å². The van der Waals surface area contributed by atoms with E-state index >= 15 is 0 Å². The van der Waals surface area contributed by atoms with E-state index in [1.165, 1.54) is 63.8 Å². The lowest BCUT2D eigenvalue weighted by Crippen LogP contribution is -2.45. The number of hydrogen-bond donors (Lipinski definition) is 3. The Labute approximate surface area is 218 Å². The summed E-state index contributed by atoms with van der Waals surface area (Å²) in [7, 11) is 4.21. The summed E-state index contributed by atoms with van der Waals surface area (Å²) in [5.41, 5.74) is 0.924. The van der Waals surface area contributed by atoms with Gasteiger partial charge in [0.15, 0.2) is 11.5 Å². The molecule has 0 bridgehead atoms. The summed E-state index contributed by atoms with van der Waals surface area (Å²) in [6.45, 7) is 0. The number of ether oxygens (including phenoxy) is 3. The number of carboxylic acids is 1. The van der Waals surface area contributed by atoms with Gasteiger partial charge >= 0.3 is 5.97 Å². The SMILES string of the molecule is COc1cc(C(=O)N/C(=C/c2ccc(F)cc2)C(=O)N[C@@H](Cc2ccccc2)C(=O)O)cc(OC)c1OC. The van der Waals surface area contributed by atoms with Crippen LogP contribution in [-0.4, -0.2) is 50.3 Å². The highest BCUT2D eigenvalue weighted by Gasteiger charge is 2.24. The van der Waals surface area contributed by atoms with E-state index in [0.29, 0.717) is 11.1 Å². The molecule has 0 aromatic heterocycles. The number of hydrogen-bond acceptors (Lipinski definition) is 6. The molecule has 3 aromatic carbocycles. The van der Waals surface area contributed by atoms with E-state index in [2.05, 4.69) is 10.6 Å². The fourth-order valence-corrected chi connectivity index (χ4v) is 3.58. The van der Waals surface area contributed by atoms with Crippen LogP contribution < -0.4 is 24.8 Å². The fraction of sp³-hybridized carbons (Fsp3) is 0.179. The summed E-state index contributed by atoms with van der Waals surface area (Å²) >= 11 is 0. The van der Waals surface area contributed by atoms with E-state index in [-0.39, 0.29) is 34.9 Å². The lowest BCUT2D eigenvalue weighted by Gasteiger charge is -2.18. The molecule has 1 atom stereocenters. The minimum atomic E-state index is -1.28. The minimum Gasteiger partial charge on any atom is -0.493 e. The molecule has 0 radical (unpaired) electrons. The first kappa shape index (κ1) is 27.7. The van der Waals surface area contributed by atoms with E-state index in [0.717, 1.165) is 0 Å². The van der Waals surface area contributed by atoms with Gasteiger partial charge in [0.1, 0.15) is 17.6 Å². The maximum absolute atomic E-state index is 13.4. The summed E-state index contributed by atoms with van der Waals surface area (Å²) in [5, 5.41) is 14.7. The lowest BCUT2D eigenvalue weighted by atomic mass is 10.1. The first-order valence-electron chi connectivity index (χ1n) is 11.4. The molecule has 9 nitrogen and oxygen atoms in total. The Bertz CT molecular complexity index is 1300. The highest BCUT2D eigenvalue weighted by molar-refractivity contribution is 6.06. The van der Waals surface area contributed by atoms with Crippen molar-refractivity contribution < 1.29 is 38.1 Å². The van der Waals surface area contributed by atoms with Gasteiger partial charge in [-0.25, -0.2) is 9.18 Å². The normalized spacial score (nSPS) is 11.7. The number of aliphatic carboxylic acids is 1. The van der Waals surface area contributed by atoms with Crippen LogP contribution >= 0.6 is 0 Å². The van der Waals surface area contributed by atoms with Gasteiger partial charge in [-0.05, 0) is 41.5 Å². The third kappa shape index (κ3) is 7.10. The zero-order chi connectivity index (χ0) is 27.7. The monoisotopic (exact) mass is 522 g/mol. The predicted octanol–water partition coefficient (Wildman–Crippen LogP) is 3.43. The molecule has 0 aliphatic rings. The van der Waals surface area contributed by atoms with E-state index in [4.69, 9.17) is 14.2 Å². The summed E-state index contributed by atoms with van der Waals surface area (Å²) < 4.78 is 29.3. The van der Waals surface area contributed by atoms with Crippen LogP contribution in [0, 0.1) is 5.82 Å². The van der Waals surface area contributed by atoms with Crippen LogP contribution in [0.4, 0.5) is 4.39 Å². The standard InChI is InChI=1S/C28H27FN2O7/c1-36-23-15-19(16-24(37-2)25(23)38-3)26(32)30-21(13-18-9-11-20(29)12-10-18)27(33)31-22(28(34)35)14-17-7-5-4-6-8-17/h4-13,15-16,22H,14H2,1-3H3,(H,30,32)(H,31,33)(H,34,35)/b21-13+/t22-/m0/s1. The third-order valence-electron chi connectivity index (χ3n) is 5.49. The molecule has 0 heterocycles. The van der Waals surface area contributed by atoms with Crippen molar-refractivity contribution in [3.8, 4) is 17.2 Å². The second-order valence-corrected chi connectivity index (χ2v) is 8.03. The Morgan fingerprint density at radius 3 is 2.05 bits per heavy atom. The quantitative estimate of drug-likeness (QED) is 0.330. The number of nitrogens with one attached hydrogen (secondary N) is 2. The molecule has 0 aliphatic heterocycles. The Morgan fingerprint density at radius 2 is 1.53 bits per heavy atom.